The molecule has 1 aromatic rings. The summed E-state index contributed by atoms with van der Waals surface area (Å²) in [5.41, 5.74) is 0.116. The predicted octanol–water partition coefficient (Wildman–Crippen LogP) is 0.603. The van der Waals surface area contributed by atoms with Gasteiger partial charge in [0.2, 0.25) is 0 Å². The first-order chi connectivity index (χ1) is 7.57. The number of carbonyl (C=O) groups is 1. The number of phenols is 1. The summed E-state index contributed by atoms with van der Waals surface area (Å²) in [5.74, 6) is 4.84. The molecular weight excluding hydrogens is 226 g/mol. The topological polar surface area (TPSA) is 78.6 Å². The van der Waals surface area contributed by atoms with Gasteiger partial charge < -0.3 is 10.4 Å². The van der Waals surface area contributed by atoms with E-state index in [1.165, 1.54) is 12.1 Å². The number of aromatic hydroxyl groups is 1. The quantitative estimate of drug-likeness (QED) is 0.305. The van der Waals surface area contributed by atoms with Crippen molar-refractivity contribution in [3.63, 3.8) is 0 Å². The number of nitrogens with one attached hydrogen (secondary N) is 1. The van der Waals surface area contributed by atoms with Crippen molar-refractivity contribution in [1.29, 1.82) is 0 Å². The first-order valence-corrected chi connectivity index (χ1v) is 5.13. The highest BCUT2D eigenvalue weighted by molar-refractivity contribution is 7.80. The van der Waals surface area contributed by atoms with Crippen molar-refractivity contribution >= 4 is 23.2 Å². The van der Waals surface area contributed by atoms with E-state index >= 15 is 0 Å². The van der Waals surface area contributed by atoms with Gasteiger partial charge in [0.15, 0.2) is 5.11 Å². The lowest BCUT2D eigenvalue weighted by atomic mass is 10.2. The number of phenolic OH excluding ortho intramolecular Hbond substituents is 1. The van der Waals surface area contributed by atoms with Gasteiger partial charge in [0.05, 0.1) is 5.56 Å². The highest BCUT2D eigenvalue weighted by Crippen LogP contribution is 2.16. The van der Waals surface area contributed by atoms with Crippen LogP contribution >= 0.6 is 12.2 Å². The Hall–Kier alpha value is -1.66. The number of thiocarbonyl (C=S) groups is 1. The van der Waals surface area contributed by atoms with Gasteiger partial charge in [-0.2, -0.15) is 0 Å². The number of benzene rings is 1. The molecule has 16 heavy (non-hydrogen) atoms. The molecule has 86 valence electrons. The van der Waals surface area contributed by atoms with Gasteiger partial charge in [-0.15, -0.1) is 0 Å². The molecule has 0 aliphatic heterocycles. The van der Waals surface area contributed by atoms with E-state index in [2.05, 4.69) is 5.32 Å². The second kappa shape index (κ2) is 5.43. The zero-order valence-corrected chi connectivity index (χ0v) is 9.62. The van der Waals surface area contributed by atoms with Crippen molar-refractivity contribution in [3.8, 4) is 5.75 Å². The predicted molar refractivity (Wildman–Crippen MR) is 64.7 cm³/mol. The van der Waals surface area contributed by atoms with E-state index in [1.807, 2.05) is 6.92 Å². The fourth-order valence-corrected chi connectivity index (χ4v) is 1.34. The molecule has 0 bridgehead atoms. The van der Waals surface area contributed by atoms with E-state index in [0.29, 0.717) is 6.54 Å². The third-order valence-corrected chi connectivity index (χ3v) is 2.24. The van der Waals surface area contributed by atoms with Gasteiger partial charge in [0, 0.05) is 6.54 Å². The number of hydrogen-bond donors (Lipinski definition) is 3. The molecule has 0 spiro atoms. The molecule has 0 atom stereocenters. The first kappa shape index (κ1) is 12.4. The summed E-state index contributed by atoms with van der Waals surface area (Å²) in [7, 11) is 0. The number of hydrazine groups is 1. The van der Waals surface area contributed by atoms with Crippen molar-refractivity contribution in [3.05, 3.63) is 29.8 Å². The molecule has 1 amide bonds. The summed E-state index contributed by atoms with van der Waals surface area (Å²) >= 11 is 4.88. The number of nitrogens with two attached hydrogens (primary N) is 1. The molecular formula is C10H13N3O2S. The Morgan fingerprint density at radius 2 is 2.19 bits per heavy atom. The monoisotopic (exact) mass is 239 g/mol. The Bertz CT molecular complexity index is 409. The normalized spacial score (nSPS) is 9.62. The van der Waals surface area contributed by atoms with Crippen LogP contribution < -0.4 is 11.2 Å². The summed E-state index contributed by atoms with van der Waals surface area (Å²) in [4.78, 5) is 11.8. The summed E-state index contributed by atoms with van der Waals surface area (Å²) in [5, 5.41) is 13.1. The minimum absolute atomic E-state index is 0.116. The Kier molecular flexibility index (Phi) is 4.21. The average molecular weight is 239 g/mol. The van der Waals surface area contributed by atoms with Crippen molar-refractivity contribution in [1.82, 2.24) is 10.3 Å². The summed E-state index contributed by atoms with van der Waals surface area (Å²) in [6.45, 7) is 2.41. The van der Waals surface area contributed by atoms with Crippen LogP contribution in [0.5, 0.6) is 5.75 Å². The molecule has 0 saturated heterocycles. The van der Waals surface area contributed by atoms with Crippen LogP contribution in [0.2, 0.25) is 0 Å². The minimum atomic E-state index is -0.552. The third kappa shape index (κ3) is 2.68. The lowest BCUT2D eigenvalue weighted by Crippen LogP contribution is -2.48. The highest BCUT2D eigenvalue weighted by Gasteiger charge is 2.18. The molecule has 0 aliphatic carbocycles. The fraction of sp³-hybridized carbons (Fsp3) is 0.200. The van der Waals surface area contributed by atoms with Crippen LogP contribution in [0.4, 0.5) is 0 Å². The van der Waals surface area contributed by atoms with E-state index in [4.69, 9.17) is 18.1 Å². The van der Waals surface area contributed by atoms with Gasteiger partial charge >= 0.3 is 0 Å². The summed E-state index contributed by atoms with van der Waals surface area (Å²) < 4.78 is 0. The smallest absolute Gasteiger partial charge is 0.278 e. The van der Waals surface area contributed by atoms with Crippen LogP contribution in [0.1, 0.15) is 17.3 Å². The van der Waals surface area contributed by atoms with Crippen molar-refractivity contribution in [2.75, 3.05) is 6.54 Å². The Balaban J connectivity index is 2.86. The third-order valence-electron chi connectivity index (χ3n) is 1.90. The molecule has 0 heterocycles. The highest BCUT2D eigenvalue weighted by atomic mass is 32.1. The van der Waals surface area contributed by atoms with Gasteiger partial charge in [-0.05, 0) is 31.3 Å². The van der Waals surface area contributed by atoms with E-state index in [9.17, 15) is 9.90 Å². The SMILES string of the molecule is CCNC(=S)N(N)C(=O)c1ccccc1O. The van der Waals surface area contributed by atoms with E-state index in [-0.39, 0.29) is 16.4 Å². The lowest BCUT2D eigenvalue weighted by molar-refractivity contribution is 0.0843. The van der Waals surface area contributed by atoms with Gasteiger partial charge in [-0.1, -0.05) is 12.1 Å². The summed E-state index contributed by atoms with van der Waals surface area (Å²) in [6.07, 6.45) is 0. The van der Waals surface area contributed by atoms with Crippen LogP contribution in [0.15, 0.2) is 24.3 Å². The maximum atomic E-state index is 11.8. The number of para-hydroxylation sites is 1. The van der Waals surface area contributed by atoms with Gasteiger partial charge in [0.25, 0.3) is 5.91 Å². The Morgan fingerprint density at radius 1 is 1.56 bits per heavy atom. The van der Waals surface area contributed by atoms with Crippen molar-refractivity contribution < 1.29 is 9.90 Å². The van der Waals surface area contributed by atoms with E-state index < -0.39 is 5.91 Å². The average Bonchev–Trinajstić information content (AvgIpc) is 2.28. The number of rotatable bonds is 2. The van der Waals surface area contributed by atoms with Crippen LogP contribution in [-0.4, -0.2) is 27.7 Å². The molecule has 1 aromatic carbocycles. The van der Waals surface area contributed by atoms with Crippen LogP contribution in [0.3, 0.4) is 0 Å². The van der Waals surface area contributed by atoms with Crippen LogP contribution in [-0.2, 0) is 0 Å². The maximum absolute atomic E-state index is 11.8. The van der Waals surface area contributed by atoms with Crippen LogP contribution in [0.25, 0.3) is 0 Å². The van der Waals surface area contributed by atoms with Gasteiger partial charge in [0.1, 0.15) is 5.75 Å². The molecule has 0 aromatic heterocycles. The molecule has 6 heteroatoms. The molecule has 0 fully saturated rings. The molecule has 0 saturated carbocycles. The Morgan fingerprint density at radius 3 is 2.75 bits per heavy atom. The number of nitrogens with zero attached hydrogens (tertiary/aromatic N) is 1. The van der Waals surface area contributed by atoms with Crippen molar-refractivity contribution in [2.24, 2.45) is 5.84 Å². The zero-order chi connectivity index (χ0) is 12.1. The second-order valence-corrected chi connectivity index (χ2v) is 3.41. The number of carbonyl (C=O) groups excluding carboxylic acids is 1. The number of amides is 1. The van der Waals surface area contributed by atoms with Gasteiger partial charge in [-0.25, -0.2) is 10.9 Å². The molecule has 4 N–H and O–H groups in total. The number of hydrogen-bond acceptors (Lipinski definition) is 4. The largest absolute Gasteiger partial charge is 0.507 e. The molecule has 0 radical (unpaired) electrons. The molecule has 0 unspecified atom stereocenters. The second-order valence-electron chi connectivity index (χ2n) is 3.03. The lowest BCUT2D eigenvalue weighted by Gasteiger charge is -2.18. The summed E-state index contributed by atoms with van der Waals surface area (Å²) in [6, 6.07) is 6.15. The minimum Gasteiger partial charge on any atom is -0.507 e. The standard InChI is InChI=1S/C10H13N3O2S/c1-2-12-10(16)13(11)9(15)7-5-3-4-6-8(7)14/h3-6,14H,2,11H2,1H3,(H,12,16). The molecule has 0 aliphatic rings. The Labute approximate surface area is 98.8 Å². The fourth-order valence-electron chi connectivity index (χ4n) is 1.11. The van der Waals surface area contributed by atoms with E-state index in [0.717, 1.165) is 5.01 Å². The van der Waals surface area contributed by atoms with Crippen LogP contribution in [0, 0.1) is 0 Å². The van der Waals surface area contributed by atoms with Crippen molar-refractivity contribution in [2.45, 2.75) is 6.92 Å². The van der Waals surface area contributed by atoms with E-state index in [1.54, 1.807) is 12.1 Å². The molecule has 1 rings (SSSR count). The van der Waals surface area contributed by atoms with Gasteiger partial charge in [-0.3, -0.25) is 4.79 Å². The molecule has 5 nitrogen and oxygen atoms in total. The maximum Gasteiger partial charge on any atom is 0.278 e. The zero-order valence-electron chi connectivity index (χ0n) is 8.80. The first-order valence-electron chi connectivity index (χ1n) is 4.73.